The van der Waals surface area contributed by atoms with Crippen LogP contribution in [0.15, 0.2) is 24.3 Å². The molecule has 1 aromatic heterocycles. The number of aryl methyl sites for hydroxylation is 4. The quantitative estimate of drug-likeness (QED) is 0.0307. The van der Waals surface area contributed by atoms with Gasteiger partial charge in [-0.05, 0) is 60.1 Å². The van der Waals surface area contributed by atoms with Gasteiger partial charge in [0.1, 0.15) is 153 Å². The first-order valence-electron chi connectivity index (χ1n) is 31.1. The lowest BCUT2D eigenvalue weighted by Gasteiger charge is -2.49. The van der Waals surface area contributed by atoms with Crippen molar-refractivity contribution in [3.8, 4) is 0 Å². The monoisotopic (exact) mass is 1340 g/mol. The van der Waals surface area contributed by atoms with E-state index < -0.39 is 224 Å². The minimum absolute atomic E-state index is 0.0508. The van der Waals surface area contributed by atoms with Gasteiger partial charge in [-0.15, -0.1) is 0 Å². The highest BCUT2D eigenvalue weighted by Gasteiger charge is 2.57. The number of hydrogen-bond acceptors (Lipinski definition) is 33. The smallest absolute Gasteiger partial charge is 0.187 e. The molecule has 5 saturated heterocycles. The van der Waals surface area contributed by atoms with Gasteiger partial charge in [0.2, 0.25) is 0 Å². The van der Waals surface area contributed by atoms with E-state index in [2.05, 4.69) is 34.5 Å². The molecular weight excluding hydrogens is 1250 g/mol. The average Bonchev–Trinajstić information content (AvgIpc) is 0.805. The molecule has 528 valence electrons. The Labute approximate surface area is 533 Å². The third-order valence-corrected chi connectivity index (χ3v) is 18.3. The summed E-state index contributed by atoms with van der Waals surface area (Å²) in [6.45, 7) is 0.316. The number of anilines is 1. The molecule has 7 aliphatic heterocycles. The van der Waals surface area contributed by atoms with E-state index in [4.69, 9.17) is 47.4 Å². The van der Waals surface area contributed by atoms with E-state index in [-0.39, 0.29) is 6.54 Å². The molecule has 5 fully saturated rings. The fraction of sp³-hybridized carbons (Fsp3) is 0.780. The second-order valence-corrected chi connectivity index (χ2v) is 24.6. The van der Waals surface area contributed by atoms with Gasteiger partial charge in [0.25, 0.3) is 0 Å². The zero-order valence-electron chi connectivity index (χ0n) is 51.1. The number of aliphatic hydroxyl groups excluding tert-OH is 21. The summed E-state index contributed by atoms with van der Waals surface area (Å²) in [7, 11) is 0. The lowest BCUT2D eigenvalue weighted by Crippen LogP contribution is -2.68. The van der Waals surface area contributed by atoms with E-state index in [0.29, 0.717) is 6.54 Å². The lowest BCUT2D eigenvalue weighted by molar-refractivity contribution is -0.706. The molecule has 7 aliphatic rings. The summed E-state index contributed by atoms with van der Waals surface area (Å²) in [5.74, 6) is 0. The second kappa shape index (κ2) is 32.5. The van der Waals surface area contributed by atoms with Gasteiger partial charge in [0.15, 0.2) is 49.4 Å². The molecule has 22 N–H and O–H groups in total. The molecule has 30 atom stereocenters. The minimum atomic E-state index is -2.24. The normalized spacial score (nSPS) is 39.9. The van der Waals surface area contributed by atoms with Crippen molar-refractivity contribution in [3.05, 3.63) is 57.9 Å². The van der Waals surface area contributed by atoms with E-state index in [1.807, 2.05) is 30.5 Å². The average molecular weight is 1340 g/mol. The number of nitrogens with one attached hydrogen (secondary N) is 1. The minimum Gasteiger partial charge on any atom is -0.394 e. The van der Waals surface area contributed by atoms with Crippen molar-refractivity contribution in [2.45, 2.75) is 230 Å². The van der Waals surface area contributed by atoms with Gasteiger partial charge in [-0.25, -0.2) is 0 Å². The van der Waals surface area contributed by atoms with Gasteiger partial charge in [-0.3, -0.25) is 5.32 Å². The topological polar surface area (TPSA) is 536 Å². The standard InChI is InChI=1S/C59H92N3O31/c1-23-13-25(7-8-26-15-27-5-3-10-61-11-4-6-28(16-26)35(27)61)14-24(2)62(23)12-9-60-54(83)43(77)38(72)49(29(69)17-63)89-56-45(79)39(73)51(31(19-65)85-56)91-58-47(81)41(75)53(33(21-67)87-58)93-59-48(82)42(76)52(34(22-68)88-59)92-57-46(80)40(74)50(32(20-66)86-57)90-55-44(78)37(71)36(70)30(18-64)84-55/h7-8,13-16,29-34,36-60,63-83H,3-6,9-12,17-22H2,1-2H3/q+1/t29-,30-,31-,32-,33-,34-,36-,37+,38-,39-,40-,41-,42-,43-,44-,45-,46-,47-,48-,49-,50-,51-,52-,53-,54?,55-,56-,57-,58-,59-/m1/s1. The van der Waals surface area contributed by atoms with Crippen LogP contribution >= 0.6 is 0 Å². The molecule has 34 heteroatoms. The van der Waals surface area contributed by atoms with Crippen molar-refractivity contribution >= 4 is 17.8 Å². The van der Waals surface area contributed by atoms with Crippen LogP contribution in [0.4, 0.5) is 5.69 Å². The fourth-order valence-corrected chi connectivity index (χ4v) is 13.1. The van der Waals surface area contributed by atoms with Crippen LogP contribution < -0.4 is 14.8 Å². The number of aromatic nitrogens is 1. The zero-order valence-corrected chi connectivity index (χ0v) is 51.1. The SMILES string of the molecule is Cc1cc(/C=C/c2cc3c4c(c2)CCCN4CCC3)cc(C)[n+]1CCNC(O)[C@H](O)[C@@H](O)[C@H](O[C@H]1O[C@H](CO)[C@@H](O[C@H]2O[C@H](CO)[C@@H](O[C@H]3O[C@H](CO)[C@@H](O[C@H]4O[C@H](CO)[C@@H](O[C@H]5O[C@H](CO)[C@@H](O)[C@H](O)[C@H]5O)[C@H](O)[C@H]4O)[C@H](O)[C@H]3O)[C@H](O)[C@H]2O)[C@H](O)[C@H]1O)[C@H](O)CO. The predicted molar refractivity (Wildman–Crippen MR) is 309 cm³/mol. The number of benzene rings is 1. The summed E-state index contributed by atoms with van der Waals surface area (Å²) in [5, 5.41) is 229. The van der Waals surface area contributed by atoms with E-state index in [0.717, 1.165) is 61.3 Å². The molecular formula is C59H92N3O31+. The predicted octanol–water partition coefficient (Wildman–Crippen LogP) is -11.1. The van der Waals surface area contributed by atoms with Gasteiger partial charge in [-0.2, -0.15) is 4.57 Å². The third-order valence-electron chi connectivity index (χ3n) is 18.3. The van der Waals surface area contributed by atoms with Crippen LogP contribution in [0, 0.1) is 13.8 Å². The van der Waals surface area contributed by atoms with Crippen LogP contribution in [0.2, 0.25) is 0 Å². The van der Waals surface area contributed by atoms with E-state index in [1.54, 1.807) is 0 Å². The van der Waals surface area contributed by atoms with Gasteiger partial charge in [-0.1, -0.05) is 12.2 Å². The first kappa shape index (κ1) is 73.9. The highest BCUT2D eigenvalue weighted by molar-refractivity contribution is 5.74. The van der Waals surface area contributed by atoms with Crippen LogP contribution in [-0.2, 0) is 66.8 Å². The van der Waals surface area contributed by atoms with Crippen molar-refractivity contribution in [1.82, 2.24) is 5.32 Å². The summed E-state index contributed by atoms with van der Waals surface area (Å²) in [4.78, 5) is 2.50. The first-order valence-corrected chi connectivity index (χ1v) is 31.1. The summed E-state index contributed by atoms with van der Waals surface area (Å²) < 4.78 is 58.3. The number of ether oxygens (including phenoxy) is 10. The Hall–Kier alpha value is -3.37. The molecule has 1 unspecified atom stereocenters. The Balaban J connectivity index is 0.765. The first-order chi connectivity index (χ1) is 44.4. The molecule has 2 aromatic rings. The number of pyridine rings is 1. The fourth-order valence-electron chi connectivity index (χ4n) is 13.1. The molecule has 0 amide bonds. The van der Waals surface area contributed by atoms with Crippen molar-refractivity contribution in [2.24, 2.45) is 0 Å². The summed E-state index contributed by atoms with van der Waals surface area (Å²) >= 11 is 0. The van der Waals surface area contributed by atoms with Crippen molar-refractivity contribution < 1.29 is 159 Å². The molecule has 0 radical (unpaired) electrons. The van der Waals surface area contributed by atoms with Crippen molar-refractivity contribution in [1.29, 1.82) is 0 Å². The van der Waals surface area contributed by atoms with Gasteiger partial charge in [0, 0.05) is 44.8 Å². The largest absolute Gasteiger partial charge is 0.394 e. The van der Waals surface area contributed by atoms with Gasteiger partial charge >= 0.3 is 0 Å². The zero-order chi connectivity index (χ0) is 67.4. The summed E-state index contributed by atoms with van der Waals surface area (Å²) in [5.41, 5.74) is 8.07. The maximum Gasteiger partial charge on any atom is 0.187 e. The van der Waals surface area contributed by atoms with Crippen LogP contribution in [0.5, 0.6) is 0 Å². The van der Waals surface area contributed by atoms with Crippen LogP contribution in [0.3, 0.4) is 0 Å². The summed E-state index contributed by atoms with van der Waals surface area (Å²) in [6.07, 6.45) is -50.5. The molecule has 9 rings (SSSR count). The maximum absolute atomic E-state index is 11.4. The maximum atomic E-state index is 11.4. The molecule has 8 heterocycles. The van der Waals surface area contributed by atoms with Crippen LogP contribution in [0.25, 0.3) is 12.2 Å². The number of nitrogens with zero attached hydrogens (tertiary/aromatic N) is 2. The Bertz CT molecular complexity index is 2670. The van der Waals surface area contributed by atoms with Crippen LogP contribution in [-0.4, -0.2) is 351 Å². The van der Waals surface area contributed by atoms with Crippen LogP contribution in [0.1, 0.15) is 46.5 Å². The molecule has 0 spiro atoms. The highest BCUT2D eigenvalue weighted by atomic mass is 16.8. The number of rotatable bonds is 26. The molecule has 0 bridgehead atoms. The summed E-state index contributed by atoms with van der Waals surface area (Å²) in [6, 6.07) is 8.56. The highest BCUT2D eigenvalue weighted by Crippen LogP contribution is 2.39. The molecule has 1 aromatic carbocycles. The molecule has 93 heavy (non-hydrogen) atoms. The Kier molecular flexibility index (Phi) is 25.8. The molecule has 34 nitrogen and oxygen atoms in total. The van der Waals surface area contributed by atoms with Crippen molar-refractivity contribution in [3.63, 3.8) is 0 Å². The van der Waals surface area contributed by atoms with Gasteiger partial charge < -0.3 is 160 Å². The second-order valence-electron chi connectivity index (χ2n) is 24.6. The van der Waals surface area contributed by atoms with Gasteiger partial charge in [0.05, 0.1) is 46.2 Å². The Morgan fingerprint density at radius 3 is 1.25 bits per heavy atom. The Morgan fingerprint density at radius 2 is 0.849 bits per heavy atom. The van der Waals surface area contributed by atoms with E-state index >= 15 is 0 Å². The van der Waals surface area contributed by atoms with E-state index in [9.17, 15) is 107 Å². The number of aliphatic hydroxyl groups is 21. The van der Waals surface area contributed by atoms with E-state index in [1.165, 1.54) is 16.8 Å². The molecule has 0 aliphatic carbocycles. The lowest BCUT2D eigenvalue weighted by atomic mass is 9.90. The molecule has 0 saturated carbocycles. The number of hydrogen-bond donors (Lipinski definition) is 22. The van der Waals surface area contributed by atoms with Crippen molar-refractivity contribution in [2.75, 3.05) is 64.2 Å². The Morgan fingerprint density at radius 1 is 0.484 bits per heavy atom. The third kappa shape index (κ3) is 16.0.